The van der Waals surface area contributed by atoms with Crippen LogP contribution in [0.25, 0.3) is 39.1 Å². The van der Waals surface area contributed by atoms with E-state index in [2.05, 4.69) is 47.3 Å². The Morgan fingerprint density at radius 2 is 1.86 bits per heavy atom. The molecule has 5 aromatic rings. The molecule has 1 atom stereocenters. The second kappa shape index (κ2) is 8.40. The van der Waals surface area contributed by atoms with E-state index < -0.39 is 6.29 Å². The van der Waals surface area contributed by atoms with Crippen molar-refractivity contribution < 1.29 is 9.84 Å². The highest BCUT2D eigenvalue weighted by atomic mass is 16.6. The molecule has 3 aromatic heterocycles. The maximum atomic E-state index is 9.71. The van der Waals surface area contributed by atoms with Gasteiger partial charge in [-0.25, -0.2) is 9.97 Å². The molecule has 1 aliphatic rings. The van der Waals surface area contributed by atoms with Crippen LogP contribution in [0.4, 0.5) is 0 Å². The molecule has 1 fully saturated rings. The Bertz CT molecular complexity index is 1580. The number of nitrogens with zero attached hydrogens (tertiary/aromatic N) is 4. The summed E-state index contributed by atoms with van der Waals surface area (Å²) in [5.41, 5.74) is 13.7. The van der Waals surface area contributed by atoms with Gasteiger partial charge in [0, 0.05) is 34.3 Å². The molecular formula is C29H29N5O2. The van der Waals surface area contributed by atoms with Gasteiger partial charge in [0.15, 0.2) is 17.6 Å². The highest BCUT2D eigenvalue weighted by molar-refractivity contribution is 5.91. The van der Waals surface area contributed by atoms with Gasteiger partial charge in [0.25, 0.3) is 0 Å². The van der Waals surface area contributed by atoms with Crippen LogP contribution in [0.5, 0.6) is 5.75 Å². The molecule has 3 heterocycles. The van der Waals surface area contributed by atoms with Gasteiger partial charge in [0.1, 0.15) is 5.75 Å². The number of pyridine rings is 1. The summed E-state index contributed by atoms with van der Waals surface area (Å²) < 4.78 is 7.34. The van der Waals surface area contributed by atoms with E-state index in [1.807, 2.05) is 43.5 Å². The van der Waals surface area contributed by atoms with E-state index in [1.54, 1.807) is 11.4 Å². The maximum absolute atomic E-state index is 9.71. The number of hydrogen-bond acceptors (Lipinski definition) is 6. The van der Waals surface area contributed by atoms with Crippen molar-refractivity contribution in [3.8, 4) is 28.1 Å². The summed E-state index contributed by atoms with van der Waals surface area (Å²) in [6, 6.07) is 20.2. The maximum Gasteiger partial charge on any atom is 0.194 e. The van der Waals surface area contributed by atoms with E-state index in [-0.39, 0.29) is 5.54 Å². The van der Waals surface area contributed by atoms with Gasteiger partial charge >= 0.3 is 0 Å². The lowest BCUT2D eigenvalue weighted by Crippen LogP contribution is -2.47. The number of benzene rings is 2. The van der Waals surface area contributed by atoms with E-state index in [0.717, 1.165) is 63.2 Å². The number of rotatable bonds is 5. The van der Waals surface area contributed by atoms with Crippen molar-refractivity contribution >= 4 is 16.7 Å². The lowest BCUT2D eigenvalue weighted by Gasteiger charge is -2.44. The number of ether oxygens (including phenoxy) is 1. The fraction of sp³-hybridized carbons (Fsp3) is 0.276. The van der Waals surface area contributed by atoms with Gasteiger partial charge in [-0.3, -0.25) is 0 Å². The van der Waals surface area contributed by atoms with Crippen LogP contribution in [0.2, 0.25) is 0 Å². The largest absolute Gasteiger partial charge is 0.465 e. The number of hydrogen-bond donors (Lipinski definition) is 2. The lowest BCUT2D eigenvalue weighted by atomic mass is 9.66. The average Bonchev–Trinajstić information content (AvgIpc) is 3.23. The molecule has 1 saturated carbocycles. The van der Waals surface area contributed by atoms with Crippen LogP contribution in [0.15, 0.2) is 66.9 Å². The molecule has 2 aromatic carbocycles. The van der Waals surface area contributed by atoms with Gasteiger partial charge in [0.2, 0.25) is 0 Å². The summed E-state index contributed by atoms with van der Waals surface area (Å²) in [5, 5.41) is 15.2. The molecule has 0 amide bonds. The Hall–Kier alpha value is -3.81. The quantitative estimate of drug-likeness (QED) is 0.335. The third-order valence-electron chi connectivity index (χ3n) is 6.99. The summed E-state index contributed by atoms with van der Waals surface area (Å²) in [7, 11) is 0. The highest BCUT2D eigenvalue weighted by Crippen LogP contribution is 2.44. The van der Waals surface area contributed by atoms with E-state index in [9.17, 15) is 5.11 Å². The number of aryl methyl sites for hydroxylation is 1. The molecule has 1 unspecified atom stereocenters. The molecule has 7 nitrogen and oxygen atoms in total. The van der Waals surface area contributed by atoms with Crippen LogP contribution in [0, 0.1) is 12.8 Å². The molecule has 36 heavy (non-hydrogen) atoms. The van der Waals surface area contributed by atoms with Gasteiger partial charge in [-0.15, -0.1) is 0 Å². The number of fused-ring (bicyclic) bond motifs is 3. The van der Waals surface area contributed by atoms with E-state index in [4.69, 9.17) is 15.5 Å². The second-order valence-electron chi connectivity index (χ2n) is 10.1. The predicted octanol–water partition coefficient (Wildman–Crippen LogP) is 5.22. The normalized spacial score (nSPS) is 20.4. The zero-order valence-corrected chi connectivity index (χ0v) is 20.6. The molecule has 0 spiro atoms. The van der Waals surface area contributed by atoms with Crippen molar-refractivity contribution in [1.29, 1.82) is 0 Å². The van der Waals surface area contributed by atoms with Crippen molar-refractivity contribution in [2.24, 2.45) is 11.7 Å². The third kappa shape index (κ3) is 3.90. The van der Waals surface area contributed by atoms with Crippen molar-refractivity contribution in [2.45, 2.75) is 45.4 Å². The molecule has 182 valence electrons. The van der Waals surface area contributed by atoms with Crippen LogP contribution < -0.4 is 10.5 Å². The van der Waals surface area contributed by atoms with Crippen LogP contribution in [0.1, 0.15) is 37.9 Å². The first-order chi connectivity index (χ1) is 17.3. The summed E-state index contributed by atoms with van der Waals surface area (Å²) in [4.78, 5) is 9.70. The molecule has 0 bridgehead atoms. The van der Waals surface area contributed by atoms with Crippen molar-refractivity contribution in [2.75, 3.05) is 0 Å². The van der Waals surface area contributed by atoms with Gasteiger partial charge in [-0.1, -0.05) is 43.3 Å². The van der Waals surface area contributed by atoms with Gasteiger partial charge in [-0.2, -0.15) is 9.61 Å². The Labute approximate surface area is 209 Å². The second-order valence-corrected chi connectivity index (χ2v) is 10.1. The minimum atomic E-state index is -0.902. The lowest BCUT2D eigenvalue weighted by molar-refractivity contribution is -0.000252. The summed E-state index contributed by atoms with van der Waals surface area (Å²) in [6.45, 7) is 5.78. The molecule has 7 heteroatoms. The van der Waals surface area contributed by atoms with Crippen LogP contribution >= 0.6 is 0 Å². The third-order valence-corrected chi connectivity index (χ3v) is 6.99. The van der Waals surface area contributed by atoms with Gasteiger partial charge in [-0.05, 0) is 61.9 Å². The highest BCUT2D eigenvalue weighted by Gasteiger charge is 2.39. The van der Waals surface area contributed by atoms with Crippen LogP contribution in [-0.4, -0.2) is 31.0 Å². The Morgan fingerprint density at radius 3 is 2.58 bits per heavy atom. The number of aliphatic hydroxyl groups is 1. The summed E-state index contributed by atoms with van der Waals surface area (Å²) in [6.07, 6.45) is 2.94. The Morgan fingerprint density at radius 1 is 1.08 bits per heavy atom. The van der Waals surface area contributed by atoms with Crippen LogP contribution in [0.3, 0.4) is 0 Å². The SMILES string of the molecule is Cc1cc2ncc3cc(-c4cccc(OC(C)O)c4)c(-c4ccc(C5(N)CC(C)C5)cc4)nc3n2n1. The minimum absolute atomic E-state index is 0.241. The zero-order valence-electron chi connectivity index (χ0n) is 20.6. The monoisotopic (exact) mass is 479 g/mol. The fourth-order valence-electron chi connectivity index (χ4n) is 5.41. The standard InChI is InChI=1S/C29H29N5O2/c1-17-14-29(30,15-17)23-9-7-20(8-10-23)27-25(21-5-4-6-24(12-21)36-19(3)35)13-22-16-31-26-11-18(2)33-34(26)28(22)32-27/h4-13,16-17,19,35H,14-15,30H2,1-3H3. The van der Waals surface area contributed by atoms with Gasteiger partial charge < -0.3 is 15.6 Å². The molecule has 3 N–H and O–H groups in total. The molecule has 0 radical (unpaired) electrons. The summed E-state index contributed by atoms with van der Waals surface area (Å²) >= 11 is 0. The Kier molecular flexibility index (Phi) is 5.28. The topological polar surface area (TPSA) is 98.6 Å². The molecule has 0 saturated heterocycles. The van der Waals surface area contributed by atoms with Crippen molar-refractivity contribution in [3.63, 3.8) is 0 Å². The van der Waals surface area contributed by atoms with E-state index in [1.165, 1.54) is 0 Å². The van der Waals surface area contributed by atoms with E-state index in [0.29, 0.717) is 11.7 Å². The van der Waals surface area contributed by atoms with Crippen molar-refractivity contribution in [3.05, 3.63) is 78.1 Å². The molecule has 0 aliphatic heterocycles. The van der Waals surface area contributed by atoms with E-state index >= 15 is 0 Å². The molecule has 6 rings (SSSR count). The molecule has 1 aliphatic carbocycles. The first-order valence-electron chi connectivity index (χ1n) is 12.3. The molecular weight excluding hydrogens is 450 g/mol. The number of aliphatic hydroxyl groups excluding tert-OH is 1. The first kappa shape index (κ1) is 22.6. The van der Waals surface area contributed by atoms with Gasteiger partial charge in [0.05, 0.1) is 11.4 Å². The zero-order chi connectivity index (χ0) is 25.0. The van der Waals surface area contributed by atoms with Crippen LogP contribution in [-0.2, 0) is 5.54 Å². The predicted molar refractivity (Wildman–Crippen MR) is 140 cm³/mol. The number of nitrogens with two attached hydrogens (primary N) is 1. The summed E-state index contributed by atoms with van der Waals surface area (Å²) in [5.74, 6) is 1.25. The fourth-order valence-corrected chi connectivity index (χ4v) is 5.41. The van der Waals surface area contributed by atoms with Crippen molar-refractivity contribution in [1.82, 2.24) is 19.6 Å². The Balaban J connectivity index is 1.53. The minimum Gasteiger partial charge on any atom is -0.465 e. The number of aromatic nitrogens is 4. The average molecular weight is 480 g/mol. The first-order valence-corrected chi connectivity index (χ1v) is 12.3. The smallest absolute Gasteiger partial charge is 0.194 e.